The normalized spacial score (nSPS) is 19.5. The first kappa shape index (κ1) is 19.9. The van der Waals surface area contributed by atoms with Crippen LogP contribution in [0.5, 0.6) is 0 Å². The molecule has 1 amide bonds. The molecular formula is C23H28N6O2. The van der Waals surface area contributed by atoms with Gasteiger partial charge in [-0.05, 0) is 30.5 Å². The number of hydrogen-bond donors (Lipinski definition) is 1. The summed E-state index contributed by atoms with van der Waals surface area (Å²) in [6.45, 7) is 5.70. The molecule has 3 aromatic rings. The Morgan fingerprint density at radius 2 is 2.10 bits per heavy atom. The van der Waals surface area contributed by atoms with E-state index in [-0.39, 0.29) is 17.4 Å². The molecule has 8 heteroatoms. The molecule has 0 bridgehead atoms. The molecular weight excluding hydrogens is 392 g/mol. The van der Waals surface area contributed by atoms with E-state index < -0.39 is 0 Å². The number of amides is 1. The number of likely N-dealkylation sites (tertiary alicyclic amines) is 1. The van der Waals surface area contributed by atoms with E-state index in [0.717, 1.165) is 55.8 Å². The van der Waals surface area contributed by atoms with Crippen molar-refractivity contribution in [2.75, 3.05) is 19.6 Å². The van der Waals surface area contributed by atoms with E-state index in [2.05, 4.69) is 15.0 Å². The fraction of sp³-hybridized carbons (Fsp3) is 0.478. The topological polar surface area (TPSA) is 86.6 Å². The monoisotopic (exact) mass is 420 g/mol. The van der Waals surface area contributed by atoms with Crippen molar-refractivity contribution in [2.45, 2.75) is 51.6 Å². The summed E-state index contributed by atoms with van der Waals surface area (Å²) in [6.07, 6.45) is 6.89. The van der Waals surface area contributed by atoms with E-state index in [4.69, 9.17) is 4.98 Å². The van der Waals surface area contributed by atoms with Crippen molar-refractivity contribution >= 4 is 11.6 Å². The SMILES string of the molecule is CCC(=O)N1CCC[C@H](c2cc3nc4c(c(=O)n3[nH]2)CN(Cc2ccncc2)CC4)C1. The first-order valence-corrected chi connectivity index (χ1v) is 11.1. The molecule has 0 spiro atoms. The van der Waals surface area contributed by atoms with Crippen LogP contribution in [0, 0.1) is 0 Å². The third-order valence-corrected chi connectivity index (χ3v) is 6.53. The Kier molecular flexibility index (Phi) is 5.31. The first-order valence-electron chi connectivity index (χ1n) is 11.1. The second kappa shape index (κ2) is 8.26. The molecule has 0 saturated carbocycles. The van der Waals surface area contributed by atoms with Crippen molar-refractivity contribution in [1.29, 1.82) is 0 Å². The van der Waals surface area contributed by atoms with Gasteiger partial charge in [-0.25, -0.2) is 9.50 Å². The number of aromatic amines is 1. The molecule has 5 rings (SSSR count). The summed E-state index contributed by atoms with van der Waals surface area (Å²) in [5.74, 6) is 0.409. The summed E-state index contributed by atoms with van der Waals surface area (Å²) in [5.41, 5.74) is 4.54. The summed E-state index contributed by atoms with van der Waals surface area (Å²) in [5, 5.41) is 3.30. The molecule has 2 aliphatic rings. The number of fused-ring (bicyclic) bond motifs is 2. The lowest BCUT2D eigenvalue weighted by Gasteiger charge is -2.32. The van der Waals surface area contributed by atoms with Crippen LogP contribution >= 0.6 is 0 Å². The van der Waals surface area contributed by atoms with Gasteiger partial charge in [-0.1, -0.05) is 6.92 Å². The molecule has 5 heterocycles. The Hall–Kier alpha value is -3.00. The Bertz CT molecular complexity index is 1150. The van der Waals surface area contributed by atoms with Gasteiger partial charge in [0.15, 0.2) is 5.65 Å². The maximum absolute atomic E-state index is 13.3. The molecule has 31 heavy (non-hydrogen) atoms. The molecule has 3 aromatic heterocycles. The van der Waals surface area contributed by atoms with Crippen molar-refractivity contribution in [3.8, 4) is 0 Å². The summed E-state index contributed by atoms with van der Waals surface area (Å²) in [4.78, 5) is 38.5. The van der Waals surface area contributed by atoms with Gasteiger partial charge < -0.3 is 4.90 Å². The molecule has 0 radical (unpaired) electrons. The highest BCUT2D eigenvalue weighted by molar-refractivity contribution is 5.76. The summed E-state index contributed by atoms with van der Waals surface area (Å²) >= 11 is 0. The highest BCUT2D eigenvalue weighted by atomic mass is 16.2. The smallest absolute Gasteiger partial charge is 0.277 e. The minimum absolute atomic E-state index is 0.0111. The Balaban J connectivity index is 1.40. The average molecular weight is 421 g/mol. The summed E-state index contributed by atoms with van der Waals surface area (Å²) in [6, 6.07) is 6.02. The Morgan fingerprint density at radius 3 is 2.90 bits per heavy atom. The number of H-pyrrole nitrogens is 1. The quantitative estimate of drug-likeness (QED) is 0.699. The van der Waals surface area contributed by atoms with Crippen LogP contribution in [0.4, 0.5) is 0 Å². The lowest BCUT2D eigenvalue weighted by Crippen LogP contribution is -2.38. The summed E-state index contributed by atoms with van der Waals surface area (Å²) in [7, 11) is 0. The number of carbonyl (C=O) groups excluding carboxylic acids is 1. The largest absolute Gasteiger partial charge is 0.342 e. The molecule has 1 N–H and O–H groups in total. The molecule has 0 aliphatic carbocycles. The minimum Gasteiger partial charge on any atom is -0.342 e. The number of pyridine rings is 1. The van der Waals surface area contributed by atoms with Crippen LogP contribution in [0.2, 0.25) is 0 Å². The minimum atomic E-state index is -0.0111. The van der Waals surface area contributed by atoms with Crippen molar-refractivity contribution in [3.05, 3.63) is 63.5 Å². The van der Waals surface area contributed by atoms with Crippen LogP contribution in [0.1, 0.15) is 54.6 Å². The molecule has 1 saturated heterocycles. The number of hydrogen-bond acceptors (Lipinski definition) is 5. The second-order valence-electron chi connectivity index (χ2n) is 8.60. The fourth-order valence-corrected chi connectivity index (χ4v) is 4.83. The van der Waals surface area contributed by atoms with Gasteiger partial charge >= 0.3 is 0 Å². The van der Waals surface area contributed by atoms with Gasteiger partial charge in [-0.2, -0.15) is 0 Å². The van der Waals surface area contributed by atoms with E-state index in [1.54, 1.807) is 16.9 Å². The van der Waals surface area contributed by atoms with Crippen LogP contribution in [-0.4, -0.2) is 54.9 Å². The molecule has 8 nitrogen and oxygen atoms in total. The van der Waals surface area contributed by atoms with E-state index in [0.29, 0.717) is 25.2 Å². The Morgan fingerprint density at radius 1 is 1.26 bits per heavy atom. The summed E-state index contributed by atoms with van der Waals surface area (Å²) < 4.78 is 1.59. The number of carbonyl (C=O) groups is 1. The van der Waals surface area contributed by atoms with Crippen LogP contribution in [0.25, 0.3) is 5.65 Å². The van der Waals surface area contributed by atoms with E-state index >= 15 is 0 Å². The predicted molar refractivity (Wildman–Crippen MR) is 117 cm³/mol. The van der Waals surface area contributed by atoms with Crippen molar-refractivity contribution in [2.24, 2.45) is 0 Å². The van der Waals surface area contributed by atoms with Gasteiger partial charge in [0.2, 0.25) is 5.91 Å². The highest BCUT2D eigenvalue weighted by Gasteiger charge is 2.27. The van der Waals surface area contributed by atoms with Crippen molar-refractivity contribution in [1.82, 2.24) is 29.4 Å². The number of rotatable bonds is 4. The number of nitrogens with zero attached hydrogens (tertiary/aromatic N) is 5. The zero-order valence-corrected chi connectivity index (χ0v) is 17.9. The zero-order valence-electron chi connectivity index (χ0n) is 17.9. The standard InChI is InChI=1S/C23H28N6O2/c1-2-22(30)28-10-3-4-17(14-28)20-12-21-25-19-7-11-27(13-16-5-8-24-9-6-16)15-18(19)23(31)29(21)26-20/h5-6,8-9,12,17,26H,2-4,7,10-11,13-15H2,1H3/t17-/m0/s1. The van der Waals surface area contributed by atoms with Crippen LogP contribution in [0.3, 0.4) is 0 Å². The number of nitrogens with one attached hydrogen (secondary N) is 1. The Labute approximate surface area is 180 Å². The highest BCUT2D eigenvalue weighted by Crippen LogP contribution is 2.27. The van der Waals surface area contributed by atoms with E-state index in [1.165, 1.54) is 5.56 Å². The van der Waals surface area contributed by atoms with Gasteiger partial charge in [0.1, 0.15) is 0 Å². The number of aromatic nitrogens is 4. The molecule has 0 aromatic carbocycles. The average Bonchev–Trinajstić information content (AvgIpc) is 3.24. The predicted octanol–water partition coefficient (Wildman–Crippen LogP) is 2.09. The fourth-order valence-electron chi connectivity index (χ4n) is 4.83. The molecule has 0 unspecified atom stereocenters. The van der Waals surface area contributed by atoms with Crippen LogP contribution < -0.4 is 5.56 Å². The van der Waals surface area contributed by atoms with Crippen molar-refractivity contribution in [3.63, 3.8) is 0 Å². The van der Waals surface area contributed by atoms with Gasteiger partial charge in [-0.3, -0.25) is 24.6 Å². The molecule has 1 fully saturated rings. The second-order valence-corrected chi connectivity index (χ2v) is 8.60. The molecule has 162 valence electrons. The maximum Gasteiger partial charge on any atom is 0.277 e. The maximum atomic E-state index is 13.3. The molecule has 2 aliphatic heterocycles. The lowest BCUT2D eigenvalue weighted by atomic mass is 9.94. The van der Waals surface area contributed by atoms with Crippen LogP contribution in [0.15, 0.2) is 35.4 Å². The van der Waals surface area contributed by atoms with Gasteiger partial charge in [0.05, 0.1) is 11.3 Å². The van der Waals surface area contributed by atoms with Crippen LogP contribution in [-0.2, 0) is 24.3 Å². The number of piperidine rings is 1. The van der Waals surface area contributed by atoms with E-state index in [1.807, 2.05) is 30.0 Å². The third-order valence-electron chi connectivity index (χ3n) is 6.53. The third kappa shape index (κ3) is 3.87. The van der Waals surface area contributed by atoms with E-state index in [9.17, 15) is 9.59 Å². The van der Waals surface area contributed by atoms with Crippen molar-refractivity contribution < 1.29 is 4.79 Å². The van der Waals surface area contributed by atoms with Gasteiger partial charge in [0, 0.05) is 75.6 Å². The zero-order chi connectivity index (χ0) is 21.4. The molecule has 1 atom stereocenters. The van der Waals surface area contributed by atoms with Gasteiger partial charge in [-0.15, -0.1) is 0 Å². The lowest BCUT2D eigenvalue weighted by molar-refractivity contribution is -0.132. The van der Waals surface area contributed by atoms with Gasteiger partial charge in [0.25, 0.3) is 5.56 Å². The first-order chi connectivity index (χ1) is 15.1.